The van der Waals surface area contributed by atoms with Crippen LogP contribution in [0.3, 0.4) is 0 Å². The van der Waals surface area contributed by atoms with Gasteiger partial charge in [0.1, 0.15) is 9.81 Å². The Bertz CT molecular complexity index is 1230. The number of hydrogen-bond donors (Lipinski definition) is 2. The fourth-order valence-electron chi connectivity index (χ4n) is 5.31. The first kappa shape index (κ1) is 34.2. The van der Waals surface area contributed by atoms with E-state index < -0.39 is 45.1 Å². The SMILES string of the molecule is CC1(C)C=C(CCCC(C)(C)C(=O)O)[S+]([O-])C(c2ccccc2C2=CC(C)(C)C=C(CCCC(C)(C)C(=O)O)[S+]2[O-])=C1. The van der Waals surface area contributed by atoms with E-state index in [1.807, 2.05) is 48.6 Å². The van der Waals surface area contributed by atoms with Gasteiger partial charge in [-0.25, -0.2) is 0 Å². The average molecular weight is 615 g/mol. The second-order valence-corrected chi connectivity index (χ2v) is 17.1. The van der Waals surface area contributed by atoms with Gasteiger partial charge in [-0.05, 0) is 89.8 Å². The van der Waals surface area contributed by atoms with Crippen molar-refractivity contribution < 1.29 is 28.9 Å². The third kappa shape index (κ3) is 8.22. The maximum atomic E-state index is 14.0. The van der Waals surface area contributed by atoms with Crippen LogP contribution in [0.4, 0.5) is 0 Å². The molecule has 0 amide bonds. The maximum absolute atomic E-state index is 14.0. The summed E-state index contributed by atoms with van der Waals surface area (Å²) in [6, 6.07) is 7.67. The Morgan fingerprint density at radius 2 is 1.02 bits per heavy atom. The number of benzene rings is 1. The van der Waals surface area contributed by atoms with Crippen molar-refractivity contribution >= 4 is 44.1 Å². The Morgan fingerprint density at radius 3 is 1.33 bits per heavy atom. The van der Waals surface area contributed by atoms with Crippen LogP contribution in [0.15, 0.2) is 58.4 Å². The molecule has 0 radical (unpaired) electrons. The van der Waals surface area contributed by atoms with E-state index in [-0.39, 0.29) is 10.8 Å². The highest BCUT2D eigenvalue weighted by molar-refractivity contribution is 8.04. The van der Waals surface area contributed by atoms with Crippen molar-refractivity contribution in [3.8, 4) is 0 Å². The smallest absolute Gasteiger partial charge is 0.309 e. The Hall–Kier alpha value is -2.26. The third-order valence-electron chi connectivity index (χ3n) is 8.01. The highest BCUT2D eigenvalue weighted by Crippen LogP contribution is 2.47. The largest absolute Gasteiger partial charge is 0.607 e. The van der Waals surface area contributed by atoms with Crippen molar-refractivity contribution in [1.29, 1.82) is 0 Å². The Labute approximate surface area is 257 Å². The molecule has 8 heteroatoms. The molecule has 6 nitrogen and oxygen atoms in total. The van der Waals surface area contributed by atoms with Crippen LogP contribution in [0.1, 0.15) is 105 Å². The van der Waals surface area contributed by atoms with Gasteiger partial charge in [-0.2, -0.15) is 0 Å². The zero-order valence-corrected chi connectivity index (χ0v) is 27.8. The first-order valence-corrected chi connectivity index (χ1v) is 16.9. The minimum Gasteiger partial charge on any atom is -0.607 e. The summed E-state index contributed by atoms with van der Waals surface area (Å²) in [5.74, 6) is -1.68. The van der Waals surface area contributed by atoms with Crippen LogP contribution in [-0.2, 0) is 31.9 Å². The number of allylic oxidation sites excluding steroid dienone is 6. The summed E-state index contributed by atoms with van der Waals surface area (Å²) in [5, 5.41) is 19.0. The molecule has 0 saturated heterocycles. The van der Waals surface area contributed by atoms with Gasteiger partial charge in [-0.3, -0.25) is 9.59 Å². The summed E-state index contributed by atoms with van der Waals surface area (Å²) in [4.78, 5) is 26.1. The van der Waals surface area contributed by atoms with Crippen molar-refractivity contribution in [2.75, 3.05) is 0 Å². The average Bonchev–Trinajstić information content (AvgIpc) is 2.87. The lowest BCUT2D eigenvalue weighted by Crippen LogP contribution is -2.24. The van der Waals surface area contributed by atoms with Gasteiger partial charge in [0.2, 0.25) is 0 Å². The lowest BCUT2D eigenvalue weighted by Gasteiger charge is -2.31. The zero-order chi connectivity index (χ0) is 31.7. The number of carboxylic acids is 2. The van der Waals surface area contributed by atoms with Crippen molar-refractivity contribution in [2.45, 2.75) is 93.9 Å². The van der Waals surface area contributed by atoms with E-state index in [1.165, 1.54) is 0 Å². The van der Waals surface area contributed by atoms with E-state index >= 15 is 0 Å². The van der Waals surface area contributed by atoms with Crippen LogP contribution >= 0.6 is 0 Å². The van der Waals surface area contributed by atoms with Gasteiger partial charge in [0, 0.05) is 57.2 Å². The van der Waals surface area contributed by atoms with Crippen molar-refractivity contribution in [1.82, 2.24) is 0 Å². The van der Waals surface area contributed by atoms with Gasteiger partial charge >= 0.3 is 11.9 Å². The fraction of sp³-hybridized carbons (Fsp3) is 0.529. The summed E-state index contributed by atoms with van der Waals surface area (Å²) < 4.78 is 28.0. The van der Waals surface area contributed by atoms with Gasteiger partial charge in [0.05, 0.1) is 10.8 Å². The minimum absolute atomic E-state index is 0.366. The molecule has 1 aromatic rings. The Kier molecular flexibility index (Phi) is 10.4. The second kappa shape index (κ2) is 12.8. The van der Waals surface area contributed by atoms with Gasteiger partial charge < -0.3 is 19.3 Å². The van der Waals surface area contributed by atoms with E-state index in [2.05, 4.69) is 27.7 Å². The van der Waals surface area contributed by atoms with Crippen molar-refractivity contribution in [2.24, 2.45) is 21.7 Å². The predicted molar refractivity (Wildman–Crippen MR) is 173 cm³/mol. The maximum Gasteiger partial charge on any atom is 0.309 e. The predicted octanol–water partition coefficient (Wildman–Crippen LogP) is 8.28. The quantitative estimate of drug-likeness (QED) is 0.229. The number of carboxylic acid groups (broad SMARTS) is 2. The standard InChI is InChI=1S/C34H46O6S2/c1-31(2)19-23(13-11-17-33(5,6)29(35)36)41(39)27(21-31)25-15-9-10-16-26(25)28-22-32(3,4)20-24(42(28)40)14-12-18-34(7,8)30(37)38/h9-10,15-16,19-22H,11-14,17-18H2,1-8H3,(H,35,36)(H,37,38). The number of carbonyl (C=O) groups is 2. The highest BCUT2D eigenvalue weighted by atomic mass is 32.2. The molecule has 2 heterocycles. The molecule has 2 aliphatic heterocycles. The Balaban J connectivity index is 1.91. The number of hydrogen-bond acceptors (Lipinski definition) is 4. The Morgan fingerprint density at radius 1 is 0.690 bits per heavy atom. The molecule has 0 spiro atoms. The molecule has 0 bridgehead atoms. The third-order valence-corrected chi connectivity index (χ3v) is 11.1. The van der Waals surface area contributed by atoms with Crippen LogP contribution in [0.25, 0.3) is 9.81 Å². The minimum atomic E-state index is -1.45. The van der Waals surface area contributed by atoms with Gasteiger partial charge in [-0.1, -0.05) is 39.8 Å². The molecule has 0 aromatic heterocycles. The summed E-state index contributed by atoms with van der Waals surface area (Å²) in [5.41, 5.74) is -0.870. The normalized spacial score (nSPS) is 22.0. The second-order valence-electron chi connectivity index (χ2n) is 14.0. The van der Waals surface area contributed by atoms with Crippen molar-refractivity contribution in [3.63, 3.8) is 0 Å². The molecule has 0 aliphatic carbocycles. The molecular formula is C34H46O6S2. The summed E-state index contributed by atoms with van der Waals surface area (Å²) in [7, 11) is 0. The van der Waals surface area contributed by atoms with Gasteiger partial charge in [0.15, 0.2) is 9.81 Å². The van der Waals surface area contributed by atoms with Gasteiger partial charge in [-0.15, -0.1) is 0 Å². The lowest BCUT2D eigenvalue weighted by atomic mass is 9.86. The molecule has 0 fully saturated rings. The van der Waals surface area contributed by atoms with Crippen LogP contribution in [0, 0.1) is 21.7 Å². The topological polar surface area (TPSA) is 121 Å². The lowest BCUT2D eigenvalue weighted by molar-refractivity contribution is -0.148. The highest BCUT2D eigenvalue weighted by Gasteiger charge is 2.39. The van der Waals surface area contributed by atoms with E-state index in [0.717, 1.165) is 20.9 Å². The molecule has 3 rings (SSSR count). The van der Waals surface area contributed by atoms with Crippen LogP contribution in [0.2, 0.25) is 0 Å². The number of aliphatic carboxylic acids is 2. The van der Waals surface area contributed by atoms with Crippen LogP contribution in [-0.4, -0.2) is 31.3 Å². The summed E-state index contributed by atoms with van der Waals surface area (Å²) in [6.45, 7) is 15.1. The van der Waals surface area contributed by atoms with E-state index in [0.29, 0.717) is 48.3 Å². The van der Waals surface area contributed by atoms with Crippen molar-refractivity contribution in [3.05, 3.63) is 69.5 Å². The summed E-state index contributed by atoms with van der Waals surface area (Å²) in [6.07, 6.45) is 11.4. The first-order valence-electron chi connectivity index (χ1n) is 14.6. The van der Waals surface area contributed by atoms with Crippen LogP contribution < -0.4 is 0 Å². The molecule has 2 unspecified atom stereocenters. The number of rotatable bonds is 12. The molecule has 42 heavy (non-hydrogen) atoms. The first-order chi connectivity index (χ1) is 19.3. The molecule has 1 aromatic carbocycles. The van der Waals surface area contributed by atoms with Crippen LogP contribution in [0.5, 0.6) is 0 Å². The fourth-order valence-corrected chi connectivity index (χ4v) is 8.93. The monoisotopic (exact) mass is 614 g/mol. The zero-order valence-electron chi connectivity index (χ0n) is 26.2. The van der Waals surface area contributed by atoms with Gasteiger partial charge in [0.25, 0.3) is 0 Å². The molecule has 0 saturated carbocycles. The van der Waals surface area contributed by atoms with E-state index in [1.54, 1.807) is 27.7 Å². The van der Waals surface area contributed by atoms with E-state index in [9.17, 15) is 28.9 Å². The molecular weight excluding hydrogens is 569 g/mol. The molecule has 2 aliphatic rings. The molecule has 230 valence electrons. The summed E-state index contributed by atoms with van der Waals surface area (Å²) >= 11 is -2.89. The molecule has 2 atom stereocenters. The molecule has 2 N–H and O–H groups in total. The van der Waals surface area contributed by atoms with E-state index in [4.69, 9.17) is 0 Å².